The lowest BCUT2D eigenvalue weighted by Gasteiger charge is -1.88. The second-order valence-electron chi connectivity index (χ2n) is 2.51. The molecule has 0 bridgehead atoms. The fraction of sp³-hybridized carbons (Fsp3) is 0. The van der Waals surface area contributed by atoms with Gasteiger partial charge in [0.25, 0.3) is 0 Å². The minimum absolute atomic E-state index is 0.545. The van der Waals surface area contributed by atoms with E-state index >= 15 is 0 Å². The Morgan fingerprint density at radius 3 is 3.00 bits per heavy atom. The van der Waals surface area contributed by atoms with Gasteiger partial charge in [0, 0.05) is 6.21 Å². The van der Waals surface area contributed by atoms with Gasteiger partial charge in [-0.15, -0.1) is 11.3 Å². The minimum atomic E-state index is 0.545. The largest absolute Gasteiger partial charge is 0.307 e. The molecule has 0 radical (unpaired) electrons. The van der Waals surface area contributed by atoms with E-state index in [0.29, 0.717) is 4.20 Å². The third-order valence-corrected chi connectivity index (χ3v) is 3.86. The number of benzene rings is 1. The molecule has 1 N–H and O–H groups in total. The van der Waals surface area contributed by atoms with Gasteiger partial charge in [0.2, 0.25) is 0 Å². The summed E-state index contributed by atoms with van der Waals surface area (Å²) in [5.74, 6) is 0. The lowest BCUT2D eigenvalue weighted by atomic mass is 10.3. The highest BCUT2D eigenvalue weighted by Crippen LogP contribution is 2.29. The highest BCUT2D eigenvalue weighted by atomic mass is 32.2. The maximum Gasteiger partial charge on any atom is 0.156 e. The summed E-state index contributed by atoms with van der Waals surface area (Å²) >= 11 is 7.90. The van der Waals surface area contributed by atoms with Gasteiger partial charge in [-0.1, -0.05) is 24.4 Å². The third-order valence-electron chi connectivity index (χ3n) is 1.58. The molecule has 2 nitrogen and oxygen atoms in total. The van der Waals surface area contributed by atoms with Gasteiger partial charge >= 0.3 is 0 Å². The molecule has 0 spiro atoms. The number of rotatable bonds is 2. The van der Waals surface area contributed by atoms with E-state index in [-0.39, 0.29) is 0 Å². The van der Waals surface area contributed by atoms with E-state index in [1.54, 1.807) is 11.3 Å². The van der Waals surface area contributed by atoms with Crippen molar-refractivity contribution in [3.8, 4) is 0 Å². The highest BCUT2D eigenvalue weighted by molar-refractivity contribution is 8.25. The summed E-state index contributed by atoms with van der Waals surface area (Å²) in [5.41, 5.74) is 0.993. The van der Waals surface area contributed by atoms with Gasteiger partial charge in [0.1, 0.15) is 0 Å². The predicted octanol–water partition coefficient (Wildman–Crippen LogP) is 3.37. The van der Waals surface area contributed by atoms with Crippen molar-refractivity contribution in [1.82, 2.24) is 4.98 Å². The Hall–Kier alpha value is -0.780. The van der Waals surface area contributed by atoms with Crippen molar-refractivity contribution < 1.29 is 0 Å². The van der Waals surface area contributed by atoms with E-state index in [9.17, 15) is 0 Å². The summed E-state index contributed by atoms with van der Waals surface area (Å²) < 4.78 is 2.60. The summed E-state index contributed by atoms with van der Waals surface area (Å²) in [6, 6.07) is 7.96. The number of hydrogen-bond acceptors (Lipinski definition) is 5. The van der Waals surface area contributed by atoms with Crippen molar-refractivity contribution in [3.05, 3.63) is 24.3 Å². The Morgan fingerprint density at radius 2 is 2.29 bits per heavy atom. The second kappa shape index (κ2) is 4.16. The Labute approximate surface area is 94.9 Å². The van der Waals surface area contributed by atoms with Crippen LogP contribution in [0.4, 0.5) is 0 Å². The zero-order chi connectivity index (χ0) is 9.97. The number of thioether (sulfide) groups is 1. The highest BCUT2D eigenvalue weighted by Gasteiger charge is 2.04. The molecule has 0 unspecified atom stereocenters. The van der Waals surface area contributed by atoms with Crippen LogP contribution in [0.15, 0.2) is 28.6 Å². The SMILES string of the molecule is N=CC(=S)Sc1nc2ccccc2s1. The summed E-state index contributed by atoms with van der Waals surface area (Å²) in [5, 5.41) is 6.98. The van der Waals surface area contributed by atoms with Gasteiger partial charge in [-0.3, -0.25) is 0 Å². The Bertz CT molecular complexity index is 457. The average Bonchev–Trinajstić information content (AvgIpc) is 2.59. The average molecular weight is 238 g/mol. The molecule has 0 atom stereocenters. The summed E-state index contributed by atoms with van der Waals surface area (Å²) in [4.78, 5) is 4.39. The topological polar surface area (TPSA) is 36.7 Å². The number of aromatic nitrogens is 1. The van der Waals surface area contributed by atoms with Gasteiger partial charge in [0.15, 0.2) is 4.34 Å². The third kappa shape index (κ3) is 2.00. The molecular weight excluding hydrogens is 232 g/mol. The molecule has 5 heteroatoms. The number of para-hydroxylation sites is 1. The molecule has 1 aromatic carbocycles. The molecule has 2 rings (SSSR count). The van der Waals surface area contributed by atoms with Crippen molar-refractivity contribution in [2.24, 2.45) is 0 Å². The number of nitrogens with zero attached hydrogens (tertiary/aromatic N) is 1. The van der Waals surface area contributed by atoms with Crippen molar-refractivity contribution in [1.29, 1.82) is 5.41 Å². The number of fused-ring (bicyclic) bond motifs is 1. The fourth-order valence-corrected chi connectivity index (χ4v) is 3.18. The maximum absolute atomic E-state index is 6.98. The molecule has 0 saturated heterocycles. The first-order chi connectivity index (χ1) is 6.79. The van der Waals surface area contributed by atoms with Crippen LogP contribution in [0.25, 0.3) is 10.2 Å². The molecule has 14 heavy (non-hydrogen) atoms. The fourth-order valence-electron chi connectivity index (χ4n) is 1.01. The van der Waals surface area contributed by atoms with E-state index in [1.807, 2.05) is 24.3 Å². The van der Waals surface area contributed by atoms with Gasteiger partial charge in [-0.25, -0.2) is 4.98 Å². The maximum atomic E-state index is 6.98. The normalized spacial score (nSPS) is 10.3. The quantitative estimate of drug-likeness (QED) is 0.495. The molecule has 0 saturated carbocycles. The predicted molar refractivity (Wildman–Crippen MR) is 66.9 cm³/mol. The molecule has 70 valence electrons. The standard InChI is InChI=1S/C9H6N2S3/c10-5-8(12)14-9-11-6-3-1-2-4-7(6)13-9/h1-5,10H. The lowest BCUT2D eigenvalue weighted by Crippen LogP contribution is -1.85. The van der Waals surface area contributed by atoms with E-state index in [1.165, 1.54) is 18.0 Å². The van der Waals surface area contributed by atoms with Gasteiger partial charge in [-0.2, -0.15) is 0 Å². The van der Waals surface area contributed by atoms with Crippen LogP contribution in [0.1, 0.15) is 0 Å². The van der Waals surface area contributed by atoms with Crippen molar-refractivity contribution in [2.45, 2.75) is 4.34 Å². The van der Waals surface area contributed by atoms with E-state index in [0.717, 1.165) is 14.6 Å². The van der Waals surface area contributed by atoms with E-state index in [4.69, 9.17) is 17.6 Å². The van der Waals surface area contributed by atoms with Crippen LogP contribution in [0.3, 0.4) is 0 Å². The molecule has 1 aromatic heterocycles. The van der Waals surface area contributed by atoms with Crippen molar-refractivity contribution >= 4 is 55.9 Å². The first kappa shape index (κ1) is 9.76. The summed E-state index contributed by atoms with van der Waals surface area (Å²) in [6.45, 7) is 0. The Kier molecular flexibility index (Phi) is 2.90. The Balaban J connectivity index is 2.35. The van der Waals surface area contributed by atoms with Crippen LogP contribution >= 0.6 is 35.3 Å². The summed E-state index contributed by atoms with van der Waals surface area (Å²) in [6.07, 6.45) is 1.17. The first-order valence-electron chi connectivity index (χ1n) is 3.87. The molecule has 2 aromatic rings. The van der Waals surface area contributed by atoms with Crippen LogP contribution in [0.5, 0.6) is 0 Å². The smallest absolute Gasteiger partial charge is 0.156 e. The molecule has 0 aliphatic heterocycles. The molecule has 0 aliphatic carbocycles. The molecule has 1 heterocycles. The zero-order valence-corrected chi connectivity index (χ0v) is 9.51. The van der Waals surface area contributed by atoms with Gasteiger partial charge < -0.3 is 5.41 Å². The molecule has 0 fully saturated rings. The van der Waals surface area contributed by atoms with Crippen LogP contribution in [-0.4, -0.2) is 15.4 Å². The second-order valence-corrected chi connectivity index (χ2v) is 5.53. The van der Waals surface area contributed by atoms with Crippen LogP contribution in [0.2, 0.25) is 0 Å². The molecule has 0 amide bonds. The van der Waals surface area contributed by atoms with Crippen molar-refractivity contribution in [2.75, 3.05) is 0 Å². The zero-order valence-electron chi connectivity index (χ0n) is 7.06. The molecule has 0 aliphatic rings. The van der Waals surface area contributed by atoms with Gasteiger partial charge in [-0.05, 0) is 23.9 Å². The van der Waals surface area contributed by atoms with Crippen LogP contribution < -0.4 is 0 Å². The minimum Gasteiger partial charge on any atom is -0.307 e. The summed E-state index contributed by atoms with van der Waals surface area (Å²) in [7, 11) is 0. The van der Waals surface area contributed by atoms with Crippen LogP contribution in [-0.2, 0) is 0 Å². The Morgan fingerprint density at radius 1 is 1.50 bits per heavy atom. The van der Waals surface area contributed by atoms with Gasteiger partial charge in [0.05, 0.1) is 14.4 Å². The lowest BCUT2D eigenvalue weighted by molar-refractivity contribution is 1.31. The number of hydrogen-bond donors (Lipinski definition) is 1. The molecular formula is C9H6N2S3. The number of thiocarbonyl (C=S) groups is 1. The van der Waals surface area contributed by atoms with Crippen molar-refractivity contribution in [3.63, 3.8) is 0 Å². The van der Waals surface area contributed by atoms with E-state index < -0.39 is 0 Å². The van der Waals surface area contributed by atoms with E-state index in [2.05, 4.69) is 4.98 Å². The first-order valence-corrected chi connectivity index (χ1v) is 5.91. The monoisotopic (exact) mass is 238 g/mol. The number of thiazole rings is 1. The number of nitrogens with one attached hydrogen (secondary N) is 1. The van der Waals surface area contributed by atoms with Crippen LogP contribution in [0, 0.1) is 5.41 Å².